The average molecular weight is 377 g/mol. The van der Waals surface area contributed by atoms with E-state index in [1.165, 1.54) is 6.07 Å². The van der Waals surface area contributed by atoms with E-state index in [2.05, 4.69) is 9.97 Å². The number of nitrogens with one attached hydrogen (secondary N) is 1. The largest absolute Gasteiger partial charge is 0.487 e. The van der Waals surface area contributed by atoms with E-state index >= 15 is 0 Å². The van der Waals surface area contributed by atoms with Gasteiger partial charge in [0.25, 0.3) is 5.92 Å². The van der Waals surface area contributed by atoms with Crippen molar-refractivity contribution in [3.63, 3.8) is 0 Å². The summed E-state index contributed by atoms with van der Waals surface area (Å²) in [5, 5.41) is 0. The summed E-state index contributed by atoms with van der Waals surface area (Å²) in [6.07, 6.45) is 1.62. The van der Waals surface area contributed by atoms with E-state index in [9.17, 15) is 13.2 Å². The van der Waals surface area contributed by atoms with E-state index in [0.29, 0.717) is 18.9 Å². The van der Waals surface area contributed by atoms with Crippen molar-refractivity contribution >= 4 is 16.7 Å². The lowest BCUT2D eigenvalue weighted by Crippen LogP contribution is -2.24. The van der Waals surface area contributed by atoms with Crippen LogP contribution in [0.2, 0.25) is 0 Å². The lowest BCUT2D eigenvalue weighted by molar-refractivity contribution is -0.0230. The number of benzene rings is 2. The summed E-state index contributed by atoms with van der Waals surface area (Å²) in [7, 11) is 0. The lowest BCUT2D eigenvalue weighted by Gasteiger charge is -2.25. The molecule has 2 heterocycles. The Hall–Kier alpha value is -2.74. The van der Waals surface area contributed by atoms with E-state index in [1.54, 1.807) is 12.4 Å². The number of halogens is 3. The molecule has 1 aliphatic rings. The van der Waals surface area contributed by atoms with E-state index < -0.39 is 18.3 Å². The van der Waals surface area contributed by atoms with Crippen LogP contribution in [0.5, 0.6) is 5.75 Å². The van der Waals surface area contributed by atoms with Crippen molar-refractivity contribution in [1.82, 2.24) is 9.97 Å². The number of rotatable bonds is 5. The fourth-order valence-corrected chi connectivity index (χ4v) is 3.13. The third kappa shape index (κ3) is 3.71. The van der Waals surface area contributed by atoms with Gasteiger partial charge in [-0.05, 0) is 24.3 Å². The van der Waals surface area contributed by atoms with Gasteiger partial charge < -0.3 is 19.4 Å². The van der Waals surface area contributed by atoms with Crippen LogP contribution in [0.15, 0.2) is 42.7 Å². The van der Waals surface area contributed by atoms with Crippen LogP contribution in [0.3, 0.4) is 0 Å². The molecule has 1 atom stereocenters. The van der Waals surface area contributed by atoms with Crippen LogP contribution >= 0.6 is 0 Å². The second kappa shape index (κ2) is 6.77. The summed E-state index contributed by atoms with van der Waals surface area (Å²) in [5.74, 6) is -3.42. The molecular weight excluding hydrogens is 359 g/mol. The zero-order valence-corrected chi connectivity index (χ0v) is 14.6. The van der Waals surface area contributed by atoms with Gasteiger partial charge in [0.1, 0.15) is 18.3 Å². The first-order chi connectivity index (χ1) is 12.9. The molecule has 8 heteroatoms. The molecule has 27 heavy (non-hydrogen) atoms. The zero-order chi connectivity index (χ0) is 19.0. The minimum Gasteiger partial charge on any atom is -0.487 e. The molecule has 0 saturated carbocycles. The summed E-state index contributed by atoms with van der Waals surface area (Å²) >= 11 is 0. The summed E-state index contributed by atoms with van der Waals surface area (Å²) in [6.45, 7) is 0.603. The van der Waals surface area contributed by atoms with Crippen molar-refractivity contribution in [3.8, 4) is 5.75 Å². The van der Waals surface area contributed by atoms with Crippen LogP contribution < -0.4 is 9.64 Å². The van der Waals surface area contributed by atoms with Gasteiger partial charge in [-0.2, -0.15) is 0 Å². The molecule has 2 aromatic carbocycles. The van der Waals surface area contributed by atoms with Crippen LogP contribution in [0.1, 0.15) is 18.5 Å². The van der Waals surface area contributed by atoms with Gasteiger partial charge in [-0.15, -0.1) is 0 Å². The Balaban J connectivity index is 1.58. The SMILES string of the molecule is CC(F)(F)COc1ccc([C@H]2COCN2c2ccc3nc[nH]c3c2)c(F)c1. The third-order valence-corrected chi connectivity index (χ3v) is 4.44. The first-order valence-corrected chi connectivity index (χ1v) is 8.48. The zero-order valence-electron chi connectivity index (χ0n) is 14.6. The van der Waals surface area contributed by atoms with Crippen LogP contribution in [-0.2, 0) is 4.74 Å². The van der Waals surface area contributed by atoms with Crippen molar-refractivity contribution in [1.29, 1.82) is 0 Å². The van der Waals surface area contributed by atoms with Crippen molar-refractivity contribution in [2.75, 3.05) is 24.8 Å². The van der Waals surface area contributed by atoms with Crippen LogP contribution in [0.4, 0.5) is 18.9 Å². The lowest BCUT2D eigenvalue weighted by atomic mass is 10.0. The minimum atomic E-state index is -2.98. The molecule has 4 rings (SSSR count). The Labute approximate surface area is 153 Å². The summed E-state index contributed by atoms with van der Waals surface area (Å²) in [5.41, 5.74) is 3.02. The molecule has 1 aliphatic heterocycles. The van der Waals surface area contributed by atoms with Gasteiger partial charge in [0.15, 0.2) is 6.61 Å². The molecule has 5 nitrogen and oxygen atoms in total. The van der Waals surface area contributed by atoms with Crippen LogP contribution in [-0.4, -0.2) is 35.8 Å². The smallest absolute Gasteiger partial charge is 0.278 e. The Morgan fingerprint density at radius 3 is 2.93 bits per heavy atom. The Morgan fingerprint density at radius 2 is 2.15 bits per heavy atom. The van der Waals surface area contributed by atoms with Gasteiger partial charge in [-0.1, -0.05) is 6.07 Å². The molecule has 1 fully saturated rings. The van der Waals surface area contributed by atoms with Crippen LogP contribution in [0, 0.1) is 5.82 Å². The second-order valence-electron chi connectivity index (χ2n) is 6.63. The van der Waals surface area contributed by atoms with Gasteiger partial charge in [0.05, 0.1) is 30.0 Å². The van der Waals surface area contributed by atoms with Crippen molar-refractivity contribution < 1.29 is 22.6 Å². The van der Waals surface area contributed by atoms with Crippen LogP contribution in [0.25, 0.3) is 11.0 Å². The van der Waals surface area contributed by atoms with Gasteiger partial charge in [0.2, 0.25) is 0 Å². The Morgan fingerprint density at radius 1 is 1.30 bits per heavy atom. The monoisotopic (exact) mass is 377 g/mol. The minimum absolute atomic E-state index is 0.0714. The number of alkyl halides is 2. The molecule has 142 valence electrons. The number of hydrogen-bond donors (Lipinski definition) is 1. The number of anilines is 1. The molecule has 0 aliphatic carbocycles. The number of fused-ring (bicyclic) bond motifs is 1. The standard InChI is InChI=1S/C19H18F3N3O2/c1-19(21,22)9-27-13-3-4-14(15(20)7-13)18-8-26-11-25(18)12-2-5-16-17(6-12)24-10-23-16/h2-7,10,18H,8-9,11H2,1H3,(H,23,24)/t18-/m1/s1. The number of nitrogens with zero attached hydrogens (tertiary/aromatic N) is 2. The Bertz CT molecular complexity index is 955. The van der Waals surface area contributed by atoms with Gasteiger partial charge in [-0.3, -0.25) is 0 Å². The maximum absolute atomic E-state index is 14.6. The van der Waals surface area contributed by atoms with Crippen molar-refractivity contribution in [3.05, 3.63) is 54.1 Å². The highest BCUT2D eigenvalue weighted by molar-refractivity contribution is 5.79. The maximum Gasteiger partial charge on any atom is 0.278 e. The molecule has 0 radical (unpaired) electrons. The first-order valence-electron chi connectivity index (χ1n) is 8.48. The molecular formula is C19H18F3N3O2. The van der Waals surface area contributed by atoms with E-state index in [1.807, 2.05) is 23.1 Å². The number of ether oxygens (including phenoxy) is 2. The molecule has 3 aromatic rings. The number of aromatic nitrogens is 2. The van der Waals surface area contributed by atoms with E-state index in [0.717, 1.165) is 29.7 Å². The number of imidazole rings is 1. The quantitative estimate of drug-likeness (QED) is 0.721. The summed E-state index contributed by atoms with van der Waals surface area (Å²) < 4.78 is 51.0. The molecule has 0 spiro atoms. The molecule has 0 unspecified atom stereocenters. The second-order valence-corrected chi connectivity index (χ2v) is 6.63. The van der Waals surface area contributed by atoms with Gasteiger partial charge >= 0.3 is 0 Å². The number of aromatic amines is 1. The normalized spacial score (nSPS) is 17.6. The van der Waals surface area contributed by atoms with Crippen molar-refractivity contribution in [2.45, 2.75) is 18.9 Å². The fourth-order valence-electron chi connectivity index (χ4n) is 3.13. The maximum atomic E-state index is 14.6. The molecule has 1 saturated heterocycles. The van der Waals surface area contributed by atoms with E-state index in [4.69, 9.17) is 9.47 Å². The highest BCUT2D eigenvalue weighted by Crippen LogP contribution is 2.35. The highest BCUT2D eigenvalue weighted by Gasteiger charge is 2.30. The third-order valence-electron chi connectivity index (χ3n) is 4.44. The Kier molecular flexibility index (Phi) is 4.43. The fraction of sp³-hybridized carbons (Fsp3) is 0.316. The van der Waals surface area contributed by atoms with Gasteiger partial charge in [-0.25, -0.2) is 18.2 Å². The summed E-state index contributed by atoms with van der Waals surface area (Å²) in [6, 6.07) is 9.58. The molecule has 0 bridgehead atoms. The van der Waals surface area contributed by atoms with Crippen molar-refractivity contribution in [2.24, 2.45) is 0 Å². The molecule has 1 aromatic heterocycles. The predicted octanol–water partition coefficient (Wildman–Crippen LogP) is 4.27. The number of hydrogen-bond acceptors (Lipinski definition) is 4. The molecule has 0 amide bonds. The topological polar surface area (TPSA) is 50.4 Å². The predicted molar refractivity (Wildman–Crippen MR) is 94.6 cm³/mol. The summed E-state index contributed by atoms with van der Waals surface area (Å²) in [4.78, 5) is 9.19. The first kappa shape index (κ1) is 17.7. The number of H-pyrrole nitrogens is 1. The van der Waals surface area contributed by atoms with Gasteiger partial charge in [0, 0.05) is 24.2 Å². The highest BCUT2D eigenvalue weighted by atomic mass is 19.3. The van der Waals surface area contributed by atoms with E-state index in [-0.39, 0.29) is 11.8 Å². The molecule has 1 N–H and O–H groups in total. The average Bonchev–Trinajstić information content (AvgIpc) is 3.27.